The van der Waals surface area contributed by atoms with E-state index in [0.29, 0.717) is 23.4 Å². The van der Waals surface area contributed by atoms with E-state index in [1.54, 1.807) is 12.1 Å². The van der Waals surface area contributed by atoms with Crippen molar-refractivity contribution in [1.82, 2.24) is 9.97 Å². The van der Waals surface area contributed by atoms with Gasteiger partial charge in [-0.3, -0.25) is 8.98 Å². The van der Waals surface area contributed by atoms with Gasteiger partial charge in [0.25, 0.3) is 0 Å². The van der Waals surface area contributed by atoms with Gasteiger partial charge in [0.05, 0.1) is 33.5 Å². The van der Waals surface area contributed by atoms with E-state index >= 15 is 0 Å². The lowest BCUT2D eigenvalue weighted by molar-refractivity contribution is 0.0936. The Morgan fingerprint density at radius 1 is 1.24 bits per heavy atom. The van der Waals surface area contributed by atoms with Crippen molar-refractivity contribution in [3.8, 4) is 0 Å². The van der Waals surface area contributed by atoms with E-state index in [1.807, 2.05) is 0 Å². The summed E-state index contributed by atoms with van der Waals surface area (Å²) >= 11 is 19.6. The summed E-state index contributed by atoms with van der Waals surface area (Å²) in [6.45, 7) is -0.261. The van der Waals surface area contributed by atoms with Crippen LogP contribution in [-0.2, 0) is 14.5 Å². The van der Waals surface area contributed by atoms with Gasteiger partial charge in [-0.15, -0.1) is 11.3 Å². The van der Waals surface area contributed by atoms with E-state index in [4.69, 9.17) is 39.9 Å². The van der Waals surface area contributed by atoms with Crippen molar-refractivity contribution in [2.75, 3.05) is 11.9 Å². The maximum absolute atomic E-state index is 13.4. The van der Waals surface area contributed by atoms with Gasteiger partial charge >= 0.3 is 10.3 Å². The molecule has 0 saturated heterocycles. The monoisotopic (exact) mass is 606 g/mol. The molecule has 198 valence electrons. The van der Waals surface area contributed by atoms with Gasteiger partial charge in [-0.05, 0) is 37.1 Å². The molecule has 0 bridgehead atoms. The Hall–Kier alpha value is -1.87. The van der Waals surface area contributed by atoms with Gasteiger partial charge in [0.15, 0.2) is 0 Å². The predicted molar refractivity (Wildman–Crippen MR) is 141 cm³/mol. The lowest BCUT2D eigenvalue weighted by Crippen LogP contribution is -2.35. The van der Waals surface area contributed by atoms with Crippen LogP contribution in [0.25, 0.3) is 0 Å². The van der Waals surface area contributed by atoms with Gasteiger partial charge in [0.2, 0.25) is 5.78 Å². The first-order valence-electron chi connectivity index (χ1n) is 10.8. The number of ketones is 1. The van der Waals surface area contributed by atoms with Crippen LogP contribution in [0.4, 0.5) is 5.82 Å². The van der Waals surface area contributed by atoms with Gasteiger partial charge in [0, 0.05) is 33.3 Å². The van der Waals surface area contributed by atoms with Crippen LogP contribution in [0.2, 0.25) is 14.4 Å². The Balaban J connectivity index is 1.54. The van der Waals surface area contributed by atoms with Gasteiger partial charge in [-0.1, -0.05) is 34.8 Å². The van der Waals surface area contributed by atoms with Crippen molar-refractivity contribution >= 4 is 68.0 Å². The van der Waals surface area contributed by atoms with Crippen LogP contribution in [0, 0.1) is 5.92 Å². The van der Waals surface area contributed by atoms with Gasteiger partial charge in [0.1, 0.15) is 18.2 Å². The first-order valence-corrected chi connectivity index (χ1v) is 14.3. The molecule has 1 aliphatic rings. The summed E-state index contributed by atoms with van der Waals surface area (Å²) in [7, 11) is -4.13. The number of anilines is 1. The maximum atomic E-state index is 13.4. The van der Waals surface area contributed by atoms with Gasteiger partial charge < -0.3 is 15.5 Å². The number of thiophene rings is 1. The second-order valence-corrected chi connectivity index (χ2v) is 12.1. The number of hydrogen-bond acceptors (Lipinski definition) is 10. The Morgan fingerprint density at radius 2 is 2.00 bits per heavy atom. The fourth-order valence-electron chi connectivity index (χ4n) is 4.08. The number of nitrogens with two attached hydrogens (primary N) is 1. The molecule has 0 amide bonds. The molecule has 5 N–H and O–H groups in total. The molecular weight excluding hydrogens is 587 g/mol. The molecule has 37 heavy (non-hydrogen) atoms. The molecule has 0 radical (unpaired) electrons. The van der Waals surface area contributed by atoms with Gasteiger partial charge in [-0.2, -0.15) is 8.42 Å². The number of aliphatic hydroxyl groups is 2. The van der Waals surface area contributed by atoms with Crippen molar-refractivity contribution < 1.29 is 27.6 Å². The normalized spacial score (nSPS) is 20.6. The lowest BCUT2D eigenvalue weighted by Gasteiger charge is -2.21. The number of nitrogens with one attached hydrogen (secondary N) is 1. The van der Waals surface area contributed by atoms with E-state index in [0.717, 1.165) is 11.3 Å². The number of aromatic nitrogens is 2. The van der Waals surface area contributed by atoms with Gasteiger partial charge in [-0.25, -0.2) is 15.1 Å². The van der Waals surface area contributed by atoms with E-state index < -0.39 is 40.3 Å². The summed E-state index contributed by atoms with van der Waals surface area (Å²) in [6.07, 6.45) is 1.33. The molecule has 0 spiro atoms. The zero-order valence-electron chi connectivity index (χ0n) is 18.8. The number of rotatable bonds is 9. The number of nitrogens with zero attached hydrogens (tertiary/aromatic N) is 2. The number of carbonyl (C=O) groups excluding carboxylic acids is 1. The van der Waals surface area contributed by atoms with Crippen molar-refractivity contribution in [3.63, 3.8) is 0 Å². The molecule has 1 aliphatic carbocycles. The molecule has 1 aromatic carbocycles. The summed E-state index contributed by atoms with van der Waals surface area (Å²) in [5, 5.41) is 30.1. The van der Waals surface area contributed by atoms with E-state index in [2.05, 4.69) is 19.5 Å². The number of aliphatic hydroxyl groups excluding tert-OH is 2. The average molecular weight is 608 g/mol. The van der Waals surface area contributed by atoms with Crippen molar-refractivity contribution in [3.05, 3.63) is 72.7 Å². The Bertz CT molecular complexity index is 1420. The van der Waals surface area contributed by atoms with Crippen molar-refractivity contribution in [1.29, 1.82) is 0 Å². The number of benzene rings is 1. The van der Waals surface area contributed by atoms with E-state index in [9.17, 15) is 23.4 Å². The Kier molecular flexibility index (Phi) is 8.73. The van der Waals surface area contributed by atoms with E-state index in [-0.39, 0.29) is 37.8 Å². The Morgan fingerprint density at radius 3 is 2.73 bits per heavy atom. The smallest absolute Gasteiger partial charge is 0.333 e. The maximum Gasteiger partial charge on any atom is 0.333 e. The highest BCUT2D eigenvalue weighted by Crippen LogP contribution is 2.39. The van der Waals surface area contributed by atoms with Crippen LogP contribution in [0.3, 0.4) is 0 Å². The third-order valence-corrected chi connectivity index (χ3v) is 8.38. The molecule has 1 fully saturated rings. The molecule has 10 nitrogen and oxygen atoms in total. The fraction of sp³-hybridized carbons (Fsp3) is 0.318. The molecule has 2 aromatic heterocycles. The van der Waals surface area contributed by atoms with Crippen molar-refractivity contribution in [2.45, 2.75) is 31.1 Å². The average Bonchev–Trinajstić information content (AvgIpc) is 3.40. The number of carbonyl (C=O) groups is 1. The third kappa shape index (κ3) is 6.59. The van der Waals surface area contributed by atoms with Crippen LogP contribution in [0.5, 0.6) is 0 Å². The quantitative estimate of drug-likeness (QED) is 0.266. The van der Waals surface area contributed by atoms with E-state index in [1.165, 1.54) is 24.7 Å². The SMILES string of the molecule is NS(=O)(=O)OC[C@H]1CCC(Nc2ncncc2C(=O)c2cc(C(O)c3cc(Cl)ccc3Cl)c(Cl)s2)[C@@H]1O. The standard InChI is InChI=1S/C22H21Cl3N4O6S2/c23-11-2-3-15(24)12(5-11)19(31)13-6-17(36-21(13)25)20(32)14-7-27-9-28-22(14)29-16-4-1-10(18(16)30)8-35-37(26,33)34/h2-3,5-7,9-10,16,18-19,30-31H,1,4,8H2,(H2,26,33,34)(H,27,28,29)/t10-,16?,18-,19?/m1/s1. The molecule has 1 saturated carbocycles. The number of hydrogen-bond donors (Lipinski definition) is 4. The summed E-state index contributed by atoms with van der Waals surface area (Å²) in [4.78, 5) is 21.7. The largest absolute Gasteiger partial charge is 0.391 e. The molecule has 0 aliphatic heterocycles. The fourth-order valence-corrected chi connectivity index (χ4v) is 6.12. The molecule has 4 rings (SSSR count). The minimum Gasteiger partial charge on any atom is -0.391 e. The summed E-state index contributed by atoms with van der Waals surface area (Å²) in [5.41, 5.74) is 0.752. The molecule has 4 atom stereocenters. The van der Waals surface area contributed by atoms with Crippen LogP contribution in [0.1, 0.15) is 45.3 Å². The van der Waals surface area contributed by atoms with Crippen LogP contribution >= 0.6 is 46.1 Å². The lowest BCUT2D eigenvalue weighted by atomic mass is 10.0. The van der Waals surface area contributed by atoms with Crippen LogP contribution < -0.4 is 10.5 Å². The summed E-state index contributed by atoms with van der Waals surface area (Å²) in [6, 6.07) is 5.61. The predicted octanol–water partition coefficient (Wildman–Crippen LogP) is 3.58. The second kappa shape index (κ2) is 11.5. The van der Waals surface area contributed by atoms with Crippen molar-refractivity contribution in [2.24, 2.45) is 11.1 Å². The first kappa shape index (κ1) is 28.1. The molecule has 3 aromatic rings. The Labute approximate surface area is 231 Å². The topological polar surface area (TPSA) is 165 Å². The van der Waals surface area contributed by atoms with Crippen LogP contribution in [0.15, 0.2) is 36.8 Å². The zero-order valence-corrected chi connectivity index (χ0v) is 22.7. The minimum absolute atomic E-state index is 0.124. The molecular formula is C22H21Cl3N4O6S2. The minimum atomic E-state index is -4.13. The number of halogens is 3. The third-order valence-electron chi connectivity index (χ3n) is 5.95. The zero-order chi connectivity index (χ0) is 26.9. The highest BCUT2D eigenvalue weighted by molar-refractivity contribution is 7.84. The molecule has 2 heterocycles. The summed E-state index contributed by atoms with van der Waals surface area (Å²) in [5.74, 6) is -0.746. The highest BCUT2D eigenvalue weighted by Gasteiger charge is 2.36. The second-order valence-electron chi connectivity index (χ2n) is 8.38. The van der Waals surface area contributed by atoms with Crippen LogP contribution in [-0.4, -0.2) is 53.1 Å². The molecule has 2 unspecified atom stereocenters. The highest BCUT2D eigenvalue weighted by atomic mass is 35.5. The first-order chi connectivity index (χ1) is 17.4. The molecule has 15 heteroatoms. The summed E-state index contributed by atoms with van der Waals surface area (Å²) < 4.78 is 26.9.